The van der Waals surface area contributed by atoms with Crippen molar-refractivity contribution in [1.82, 2.24) is 10.6 Å². The van der Waals surface area contributed by atoms with E-state index < -0.39 is 12.0 Å². The molecule has 142 valence electrons. The number of ether oxygens (including phenoxy) is 2. The molecule has 8 heteroatoms. The molecule has 6 nitrogen and oxygen atoms in total. The number of halogens is 2. The maximum absolute atomic E-state index is 12.5. The molecule has 0 saturated heterocycles. The van der Waals surface area contributed by atoms with Gasteiger partial charge >= 0.3 is 12.0 Å². The van der Waals surface area contributed by atoms with E-state index in [0.717, 1.165) is 27.4 Å². The highest BCUT2D eigenvalue weighted by atomic mass is 79.9. The quantitative estimate of drug-likeness (QED) is 0.549. The molecule has 2 rings (SSSR count). The van der Waals surface area contributed by atoms with Crippen LogP contribution in [-0.2, 0) is 9.53 Å². The maximum Gasteiger partial charge on any atom is 0.337 e. The summed E-state index contributed by atoms with van der Waals surface area (Å²) in [6, 6.07) is 2.74. The SMILES string of the molecule is CCCCC1=C(C(=O)OC)C(c2cc(Br)c(OCC)c(Br)c2)NC(=O)N1. The van der Waals surface area contributed by atoms with E-state index in [4.69, 9.17) is 9.47 Å². The normalized spacial score (nSPS) is 16.8. The molecule has 1 aliphatic heterocycles. The van der Waals surface area contributed by atoms with Crippen molar-refractivity contribution >= 4 is 43.9 Å². The summed E-state index contributed by atoms with van der Waals surface area (Å²) in [5.74, 6) is 0.209. The van der Waals surface area contributed by atoms with E-state index in [0.29, 0.717) is 30.0 Å². The molecule has 0 radical (unpaired) electrons. The van der Waals surface area contributed by atoms with Gasteiger partial charge in [-0.05, 0) is 69.3 Å². The lowest BCUT2D eigenvalue weighted by Crippen LogP contribution is -2.45. The van der Waals surface area contributed by atoms with Crippen LogP contribution in [0.2, 0.25) is 0 Å². The van der Waals surface area contributed by atoms with Crippen molar-refractivity contribution in [2.75, 3.05) is 13.7 Å². The van der Waals surface area contributed by atoms with Crippen LogP contribution in [0.3, 0.4) is 0 Å². The van der Waals surface area contributed by atoms with E-state index in [1.807, 2.05) is 19.1 Å². The van der Waals surface area contributed by atoms with Gasteiger partial charge in [0.2, 0.25) is 0 Å². The Balaban J connectivity index is 2.53. The number of hydrogen-bond donors (Lipinski definition) is 2. The summed E-state index contributed by atoms with van der Waals surface area (Å²) in [6.45, 7) is 4.48. The number of carbonyl (C=O) groups is 2. The van der Waals surface area contributed by atoms with Crippen molar-refractivity contribution in [2.45, 2.75) is 39.2 Å². The third kappa shape index (κ3) is 4.59. The Bertz CT molecular complexity index is 711. The molecule has 1 heterocycles. The molecule has 1 atom stereocenters. The van der Waals surface area contributed by atoms with Gasteiger partial charge in [-0.3, -0.25) is 0 Å². The van der Waals surface area contributed by atoms with Crippen LogP contribution < -0.4 is 15.4 Å². The fraction of sp³-hybridized carbons (Fsp3) is 0.444. The van der Waals surface area contributed by atoms with Crippen molar-refractivity contribution in [3.8, 4) is 5.75 Å². The average Bonchev–Trinajstić information content (AvgIpc) is 2.61. The van der Waals surface area contributed by atoms with Crippen LogP contribution in [0, 0.1) is 0 Å². The van der Waals surface area contributed by atoms with Crippen LogP contribution >= 0.6 is 31.9 Å². The molecule has 1 unspecified atom stereocenters. The molecular weight excluding hydrogens is 468 g/mol. The number of carbonyl (C=O) groups excluding carboxylic acids is 2. The first-order chi connectivity index (χ1) is 12.4. The molecule has 1 aromatic rings. The Morgan fingerprint density at radius 1 is 1.23 bits per heavy atom. The maximum atomic E-state index is 12.5. The zero-order valence-corrected chi connectivity index (χ0v) is 18.1. The summed E-state index contributed by atoms with van der Waals surface area (Å²) < 4.78 is 12.0. The number of methoxy groups -OCH3 is 1. The summed E-state index contributed by atoms with van der Waals surface area (Å²) in [5, 5.41) is 5.58. The van der Waals surface area contributed by atoms with Gasteiger partial charge in [0.25, 0.3) is 0 Å². The first kappa shape index (κ1) is 20.8. The number of amides is 2. The highest BCUT2D eigenvalue weighted by Crippen LogP contribution is 2.39. The lowest BCUT2D eigenvalue weighted by atomic mass is 9.93. The number of hydrogen-bond acceptors (Lipinski definition) is 4. The summed E-state index contributed by atoms with van der Waals surface area (Å²) in [5.41, 5.74) is 1.77. The van der Waals surface area contributed by atoms with Crippen molar-refractivity contribution in [1.29, 1.82) is 0 Å². The minimum Gasteiger partial charge on any atom is -0.492 e. The van der Waals surface area contributed by atoms with Crippen LogP contribution in [0.4, 0.5) is 4.79 Å². The van der Waals surface area contributed by atoms with E-state index in [1.165, 1.54) is 7.11 Å². The number of allylic oxidation sites excluding steroid dienone is 1. The Morgan fingerprint density at radius 2 is 1.88 bits per heavy atom. The van der Waals surface area contributed by atoms with Gasteiger partial charge in [-0.1, -0.05) is 13.3 Å². The highest BCUT2D eigenvalue weighted by molar-refractivity contribution is 9.11. The third-order valence-corrected chi connectivity index (χ3v) is 5.16. The monoisotopic (exact) mass is 488 g/mol. The van der Waals surface area contributed by atoms with Crippen LogP contribution in [0.25, 0.3) is 0 Å². The second-order valence-corrected chi connectivity index (χ2v) is 7.47. The Hall–Kier alpha value is -1.54. The molecule has 1 aliphatic rings. The summed E-state index contributed by atoms with van der Waals surface area (Å²) in [4.78, 5) is 24.6. The Kier molecular flexibility index (Phi) is 7.52. The predicted octanol–water partition coefficient (Wildman–Crippen LogP) is 4.58. The first-order valence-corrected chi connectivity index (χ1v) is 10.0. The molecule has 0 saturated carbocycles. The Labute approximate surface area is 170 Å². The lowest BCUT2D eigenvalue weighted by molar-refractivity contribution is -0.136. The number of unbranched alkanes of at least 4 members (excludes halogenated alkanes) is 1. The molecule has 0 spiro atoms. The van der Waals surface area contributed by atoms with Gasteiger partial charge in [-0.2, -0.15) is 0 Å². The molecule has 0 aromatic heterocycles. The second-order valence-electron chi connectivity index (χ2n) is 5.77. The van der Waals surface area contributed by atoms with Crippen LogP contribution in [0.5, 0.6) is 5.75 Å². The number of esters is 1. The van der Waals surface area contributed by atoms with Gasteiger partial charge in [0.1, 0.15) is 5.75 Å². The van der Waals surface area contributed by atoms with Gasteiger partial charge in [0.15, 0.2) is 0 Å². The van der Waals surface area contributed by atoms with Crippen LogP contribution in [0.15, 0.2) is 32.3 Å². The van der Waals surface area contributed by atoms with Crippen LogP contribution in [0.1, 0.15) is 44.7 Å². The smallest absolute Gasteiger partial charge is 0.337 e. The number of benzene rings is 1. The molecule has 0 aliphatic carbocycles. The van der Waals surface area contributed by atoms with Gasteiger partial charge < -0.3 is 20.1 Å². The van der Waals surface area contributed by atoms with Gasteiger partial charge in [0, 0.05) is 5.70 Å². The third-order valence-electron chi connectivity index (χ3n) is 3.98. The van der Waals surface area contributed by atoms with E-state index >= 15 is 0 Å². The zero-order valence-electron chi connectivity index (χ0n) is 14.9. The van der Waals surface area contributed by atoms with Gasteiger partial charge in [-0.15, -0.1) is 0 Å². The fourth-order valence-corrected chi connectivity index (χ4v) is 4.25. The first-order valence-electron chi connectivity index (χ1n) is 8.43. The minimum absolute atomic E-state index is 0.338. The molecule has 1 aromatic carbocycles. The fourth-order valence-electron chi connectivity index (χ4n) is 2.80. The predicted molar refractivity (Wildman–Crippen MR) is 106 cm³/mol. The van der Waals surface area contributed by atoms with Crippen molar-refractivity contribution in [3.63, 3.8) is 0 Å². The largest absolute Gasteiger partial charge is 0.492 e. The van der Waals surface area contributed by atoms with E-state index in [2.05, 4.69) is 49.4 Å². The molecular formula is C18H22Br2N2O4. The van der Waals surface area contributed by atoms with E-state index in [1.54, 1.807) is 0 Å². The molecule has 2 N–H and O–H groups in total. The molecule has 0 bridgehead atoms. The average molecular weight is 490 g/mol. The standard InChI is InChI=1S/C18H22Br2N2O4/c1-4-6-7-13-14(17(23)25-3)15(22-18(24)21-13)10-8-11(19)16(26-5-2)12(20)9-10/h8-9,15H,4-7H2,1-3H3,(H2,21,22,24). The van der Waals surface area contributed by atoms with E-state index in [9.17, 15) is 9.59 Å². The topological polar surface area (TPSA) is 76.7 Å². The second kappa shape index (κ2) is 9.41. The summed E-state index contributed by atoms with van der Waals surface area (Å²) in [7, 11) is 1.34. The molecule has 0 fully saturated rings. The minimum atomic E-state index is -0.605. The van der Waals surface area contributed by atoms with Gasteiger partial charge in [0.05, 0.1) is 34.3 Å². The Morgan fingerprint density at radius 3 is 2.42 bits per heavy atom. The van der Waals surface area contributed by atoms with Crippen LogP contribution in [-0.4, -0.2) is 25.7 Å². The number of nitrogens with one attached hydrogen (secondary N) is 2. The number of rotatable bonds is 7. The summed E-state index contributed by atoms with van der Waals surface area (Å²) in [6.07, 6.45) is 2.41. The highest BCUT2D eigenvalue weighted by Gasteiger charge is 2.33. The zero-order chi connectivity index (χ0) is 19.3. The lowest BCUT2D eigenvalue weighted by Gasteiger charge is -2.29. The van der Waals surface area contributed by atoms with Crippen molar-refractivity contribution in [3.05, 3.63) is 37.9 Å². The molecule has 2 amide bonds. The molecule has 26 heavy (non-hydrogen) atoms. The van der Waals surface area contributed by atoms with Gasteiger partial charge in [-0.25, -0.2) is 9.59 Å². The summed E-state index contributed by atoms with van der Waals surface area (Å²) >= 11 is 6.99. The van der Waals surface area contributed by atoms with E-state index in [-0.39, 0.29) is 6.03 Å². The van der Waals surface area contributed by atoms with Crippen molar-refractivity contribution in [2.24, 2.45) is 0 Å². The van der Waals surface area contributed by atoms with Crippen molar-refractivity contribution < 1.29 is 19.1 Å². The number of urea groups is 1.